The average molecular weight is 165 g/mol. The molecule has 3 nitrogen and oxygen atoms in total. The van der Waals surface area contributed by atoms with Crippen LogP contribution in [0.1, 0.15) is 19.3 Å². The van der Waals surface area contributed by atoms with Gasteiger partial charge in [0, 0.05) is 0 Å². The molecule has 0 aromatic heterocycles. The first-order valence-electron chi connectivity index (χ1n) is 4.25. The van der Waals surface area contributed by atoms with Crippen molar-refractivity contribution in [2.24, 2.45) is 5.92 Å². The number of β-lactam (4-membered cyclic amide) rings is 1. The van der Waals surface area contributed by atoms with E-state index in [-0.39, 0.29) is 23.8 Å². The molecular weight excluding hydrogens is 154 g/mol. The third kappa shape index (κ3) is 0.763. The maximum Gasteiger partial charge on any atom is 0.252 e. The zero-order valence-electron chi connectivity index (χ0n) is 6.82. The molecule has 1 saturated carbocycles. The summed E-state index contributed by atoms with van der Waals surface area (Å²) in [5, 5.41) is 0. The largest absolute Gasteiger partial charge is 0.275 e. The Bertz CT molecular complexity index is 259. The molecule has 2 fully saturated rings. The number of fused-ring (bicyclic) bond motifs is 1. The summed E-state index contributed by atoms with van der Waals surface area (Å²) in [5.74, 6) is -0.0838. The van der Waals surface area contributed by atoms with E-state index in [0.717, 1.165) is 19.3 Å². The molecule has 2 aliphatic rings. The van der Waals surface area contributed by atoms with Crippen LogP contribution in [0.3, 0.4) is 0 Å². The minimum Gasteiger partial charge on any atom is -0.275 e. The standard InChI is InChI=1S/C9H11NO2/c1-2-8(11)10-7-5-3-4-6(7)9(10)12/h2,6-7H,1,3-5H2. The second-order valence-corrected chi connectivity index (χ2v) is 3.36. The van der Waals surface area contributed by atoms with Crippen LogP contribution in [0.2, 0.25) is 0 Å². The fraction of sp³-hybridized carbons (Fsp3) is 0.556. The smallest absolute Gasteiger partial charge is 0.252 e. The molecular formula is C9H11NO2. The highest BCUT2D eigenvalue weighted by Crippen LogP contribution is 2.39. The number of imide groups is 1. The van der Waals surface area contributed by atoms with E-state index in [1.807, 2.05) is 0 Å². The lowest BCUT2D eigenvalue weighted by atomic mass is 9.90. The van der Waals surface area contributed by atoms with Gasteiger partial charge >= 0.3 is 0 Å². The molecule has 2 amide bonds. The van der Waals surface area contributed by atoms with Crippen LogP contribution in [-0.2, 0) is 9.59 Å². The Morgan fingerprint density at radius 3 is 3.00 bits per heavy atom. The third-order valence-corrected chi connectivity index (χ3v) is 2.78. The third-order valence-electron chi connectivity index (χ3n) is 2.78. The van der Waals surface area contributed by atoms with Crippen molar-refractivity contribution >= 4 is 11.8 Å². The Balaban J connectivity index is 2.14. The van der Waals surface area contributed by atoms with E-state index in [1.54, 1.807) is 0 Å². The molecule has 0 spiro atoms. The highest BCUT2D eigenvalue weighted by atomic mass is 16.2. The van der Waals surface area contributed by atoms with Gasteiger partial charge in [-0.25, -0.2) is 0 Å². The van der Waals surface area contributed by atoms with E-state index in [1.165, 1.54) is 11.0 Å². The van der Waals surface area contributed by atoms with Crippen molar-refractivity contribution < 1.29 is 9.59 Å². The van der Waals surface area contributed by atoms with Gasteiger partial charge in [-0.2, -0.15) is 0 Å². The first kappa shape index (κ1) is 7.53. The van der Waals surface area contributed by atoms with Crippen molar-refractivity contribution in [1.29, 1.82) is 0 Å². The van der Waals surface area contributed by atoms with Gasteiger partial charge in [-0.15, -0.1) is 0 Å². The number of amides is 2. The lowest BCUT2D eigenvalue weighted by Gasteiger charge is -2.41. The van der Waals surface area contributed by atoms with Gasteiger partial charge in [0.25, 0.3) is 5.91 Å². The van der Waals surface area contributed by atoms with Crippen molar-refractivity contribution in [1.82, 2.24) is 4.90 Å². The summed E-state index contributed by atoms with van der Waals surface area (Å²) < 4.78 is 0. The normalized spacial score (nSPS) is 32.7. The van der Waals surface area contributed by atoms with Gasteiger partial charge in [0.15, 0.2) is 0 Å². The maximum absolute atomic E-state index is 11.3. The number of rotatable bonds is 1. The van der Waals surface area contributed by atoms with Crippen molar-refractivity contribution in [3.8, 4) is 0 Å². The molecule has 2 rings (SSSR count). The molecule has 12 heavy (non-hydrogen) atoms. The Hall–Kier alpha value is -1.12. The van der Waals surface area contributed by atoms with E-state index in [4.69, 9.17) is 0 Å². The van der Waals surface area contributed by atoms with Gasteiger partial charge in [-0.05, 0) is 18.9 Å². The lowest BCUT2D eigenvalue weighted by molar-refractivity contribution is -0.161. The first-order chi connectivity index (χ1) is 5.75. The summed E-state index contributed by atoms with van der Waals surface area (Å²) in [4.78, 5) is 23.8. The quantitative estimate of drug-likeness (QED) is 0.424. The number of hydrogen-bond acceptors (Lipinski definition) is 2. The van der Waals surface area contributed by atoms with Gasteiger partial charge in [0.05, 0.1) is 12.0 Å². The van der Waals surface area contributed by atoms with Crippen molar-refractivity contribution in [2.75, 3.05) is 0 Å². The highest BCUT2D eigenvalue weighted by molar-refractivity contribution is 6.06. The van der Waals surface area contributed by atoms with Crippen molar-refractivity contribution in [2.45, 2.75) is 25.3 Å². The fourth-order valence-corrected chi connectivity index (χ4v) is 2.17. The SMILES string of the molecule is C=CC(=O)N1C(=O)C2CCCC21. The van der Waals surface area contributed by atoms with E-state index < -0.39 is 0 Å². The Kier molecular flexibility index (Phi) is 1.53. The molecule has 2 unspecified atom stereocenters. The van der Waals surface area contributed by atoms with Gasteiger partial charge in [0.2, 0.25) is 5.91 Å². The molecule has 0 N–H and O–H groups in total. The lowest BCUT2D eigenvalue weighted by Crippen LogP contribution is -2.60. The Labute approximate surface area is 71.0 Å². The molecule has 64 valence electrons. The molecule has 2 atom stereocenters. The van der Waals surface area contributed by atoms with Gasteiger partial charge in [0.1, 0.15) is 0 Å². The predicted molar refractivity (Wildman–Crippen MR) is 43.2 cm³/mol. The molecule has 1 aliphatic carbocycles. The monoisotopic (exact) mass is 165 g/mol. The molecule has 0 aromatic rings. The molecule has 1 saturated heterocycles. The van der Waals surface area contributed by atoms with Crippen molar-refractivity contribution in [3.05, 3.63) is 12.7 Å². The van der Waals surface area contributed by atoms with Crippen LogP contribution in [-0.4, -0.2) is 22.8 Å². The molecule has 0 aromatic carbocycles. The summed E-state index contributed by atoms with van der Waals surface area (Å²) in [6, 6.07) is 0.197. The summed E-state index contributed by atoms with van der Waals surface area (Å²) in [6.07, 6.45) is 4.23. The highest BCUT2D eigenvalue weighted by Gasteiger charge is 2.51. The topological polar surface area (TPSA) is 37.4 Å². The van der Waals surface area contributed by atoms with Gasteiger partial charge < -0.3 is 0 Å². The van der Waals surface area contributed by atoms with Crippen LogP contribution < -0.4 is 0 Å². The zero-order chi connectivity index (χ0) is 8.72. The summed E-state index contributed by atoms with van der Waals surface area (Å²) in [6.45, 7) is 3.37. The molecule has 0 bridgehead atoms. The average Bonchev–Trinajstić information content (AvgIpc) is 2.48. The Morgan fingerprint density at radius 2 is 2.33 bits per heavy atom. The molecule has 1 aliphatic heterocycles. The summed E-state index contributed by atoms with van der Waals surface area (Å²) in [5.41, 5.74) is 0. The molecule has 1 heterocycles. The van der Waals surface area contributed by atoms with Gasteiger partial charge in [-0.1, -0.05) is 13.0 Å². The maximum atomic E-state index is 11.3. The number of carbonyl (C=O) groups excluding carboxylic acids is 2. The second-order valence-electron chi connectivity index (χ2n) is 3.36. The van der Waals surface area contributed by atoms with E-state index in [0.29, 0.717) is 0 Å². The van der Waals surface area contributed by atoms with Crippen molar-refractivity contribution in [3.63, 3.8) is 0 Å². The minimum absolute atomic E-state index is 0.00222. The minimum atomic E-state index is -0.233. The van der Waals surface area contributed by atoms with Crippen LogP contribution in [0, 0.1) is 5.92 Å². The van der Waals surface area contributed by atoms with Crippen LogP contribution >= 0.6 is 0 Å². The molecule has 3 heteroatoms. The number of likely N-dealkylation sites (tertiary alicyclic amines) is 1. The Morgan fingerprint density at radius 1 is 1.58 bits per heavy atom. The molecule has 0 radical (unpaired) electrons. The van der Waals surface area contributed by atoms with E-state index in [2.05, 4.69) is 6.58 Å². The number of nitrogens with zero attached hydrogens (tertiary/aromatic N) is 1. The van der Waals surface area contributed by atoms with Crippen LogP contribution in [0.5, 0.6) is 0 Å². The zero-order valence-corrected chi connectivity index (χ0v) is 6.82. The summed E-state index contributed by atoms with van der Waals surface area (Å²) in [7, 11) is 0. The second kappa shape index (κ2) is 2.44. The predicted octanol–water partition coefficient (Wildman–Crippen LogP) is 0.710. The van der Waals surface area contributed by atoms with E-state index in [9.17, 15) is 9.59 Å². The number of hydrogen-bond donors (Lipinski definition) is 0. The fourth-order valence-electron chi connectivity index (χ4n) is 2.17. The van der Waals surface area contributed by atoms with Crippen LogP contribution in [0.4, 0.5) is 0 Å². The number of carbonyl (C=O) groups is 2. The van der Waals surface area contributed by atoms with Crippen LogP contribution in [0.25, 0.3) is 0 Å². The summed E-state index contributed by atoms with van der Waals surface area (Å²) >= 11 is 0. The van der Waals surface area contributed by atoms with E-state index >= 15 is 0 Å². The van der Waals surface area contributed by atoms with Crippen LogP contribution in [0.15, 0.2) is 12.7 Å². The first-order valence-corrected chi connectivity index (χ1v) is 4.25. The van der Waals surface area contributed by atoms with Gasteiger partial charge in [-0.3, -0.25) is 14.5 Å².